The lowest BCUT2D eigenvalue weighted by atomic mass is 10.1. The number of hydrogen-bond acceptors (Lipinski definition) is 3. The number of benzene rings is 3. The molecule has 4 rings (SSSR count). The van der Waals surface area contributed by atoms with Crippen LogP contribution in [0.5, 0.6) is 0 Å². The van der Waals surface area contributed by atoms with Crippen molar-refractivity contribution in [1.82, 2.24) is 9.78 Å². The Morgan fingerprint density at radius 2 is 1.68 bits per heavy atom. The maximum absolute atomic E-state index is 11.0. The summed E-state index contributed by atoms with van der Waals surface area (Å²) < 4.78 is 1.73. The Morgan fingerprint density at radius 3 is 2.50 bits per heavy atom. The molecule has 0 aliphatic carbocycles. The lowest BCUT2D eigenvalue weighted by Gasteiger charge is -2.05. The van der Waals surface area contributed by atoms with Crippen LogP contribution in [-0.2, 0) is 0 Å². The molecule has 0 unspecified atom stereocenters. The zero-order valence-electron chi connectivity index (χ0n) is 11.5. The molecule has 0 fully saturated rings. The van der Waals surface area contributed by atoms with Crippen LogP contribution in [-0.4, -0.2) is 14.7 Å². The fourth-order valence-corrected chi connectivity index (χ4v) is 2.63. The van der Waals surface area contributed by atoms with Gasteiger partial charge in [-0.1, -0.05) is 30.3 Å². The summed E-state index contributed by atoms with van der Waals surface area (Å²) in [5.74, 6) is 0. The third-order valence-corrected chi connectivity index (χ3v) is 3.74. The summed E-state index contributed by atoms with van der Waals surface area (Å²) in [7, 11) is 0. The molecule has 0 radical (unpaired) electrons. The molecule has 0 spiro atoms. The molecular weight excluding hydrogens is 278 g/mol. The van der Waals surface area contributed by atoms with Crippen molar-refractivity contribution in [2.45, 2.75) is 0 Å². The smallest absolute Gasteiger partial charge is 0.258 e. The van der Waals surface area contributed by atoms with E-state index in [9.17, 15) is 10.1 Å². The lowest BCUT2D eigenvalue weighted by Crippen LogP contribution is -1.96. The molecule has 0 bridgehead atoms. The monoisotopic (exact) mass is 289 g/mol. The van der Waals surface area contributed by atoms with Gasteiger partial charge in [0.1, 0.15) is 0 Å². The molecule has 3 aromatic carbocycles. The molecule has 0 aliphatic heterocycles. The highest BCUT2D eigenvalue weighted by Gasteiger charge is 2.11. The van der Waals surface area contributed by atoms with E-state index in [-0.39, 0.29) is 5.69 Å². The van der Waals surface area contributed by atoms with Crippen molar-refractivity contribution in [3.8, 4) is 5.69 Å². The van der Waals surface area contributed by atoms with E-state index in [0.29, 0.717) is 0 Å². The number of nitrogens with zero attached hydrogens (tertiary/aromatic N) is 3. The number of fused-ring (bicyclic) bond motifs is 2. The van der Waals surface area contributed by atoms with Gasteiger partial charge in [-0.3, -0.25) is 10.1 Å². The van der Waals surface area contributed by atoms with Gasteiger partial charge in [0.15, 0.2) is 0 Å². The summed E-state index contributed by atoms with van der Waals surface area (Å²) in [5, 5.41) is 18.5. The molecule has 0 aliphatic rings. The maximum atomic E-state index is 11.0. The van der Waals surface area contributed by atoms with Crippen LogP contribution in [0.4, 0.5) is 5.69 Å². The standard InChI is InChI=1S/C17H11N3O2/c21-20(22)16-8-6-14-11-18-19(17(14)10-16)15-7-5-12-3-1-2-4-13(12)9-15/h1-11H. The number of rotatable bonds is 2. The average Bonchev–Trinajstić information content (AvgIpc) is 2.97. The van der Waals surface area contributed by atoms with Gasteiger partial charge >= 0.3 is 0 Å². The van der Waals surface area contributed by atoms with Crippen LogP contribution in [0.3, 0.4) is 0 Å². The highest BCUT2D eigenvalue weighted by atomic mass is 16.6. The van der Waals surface area contributed by atoms with Gasteiger partial charge in [0.2, 0.25) is 0 Å². The molecule has 0 saturated heterocycles. The molecule has 4 aromatic rings. The van der Waals surface area contributed by atoms with Crippen molar-refractivity contribution in [3.63, 3.8) is 0 Å². The van der Waals surface area contributed by atoms with E-state index in [1.165, 1.54) is 6.07 Å². The summed E-state index contributed by atoms with van der Waals surface area (Å²) in [6.07, 6.45) is 1.72. The second kappa shape index (κ2) is 4.66. The fraction of sp³-hybridized carbons (Fsp3) is 0. The van der Waals surface area contributed by atoms with E-state index < -0.39 is 4.92 Å². The topological polar surface area (TPSA) is 61.0 Å². The van der Waals surface area contributed by atoms with Gasteiger partial charge < -0.3 is 0 Å². The van der Waals surface area contributed by atoms with Gasteiger partial charge in [0.05, 0.1) is 22.3 Å². The molecule has 1 aromatic heterocycles. The van der Waals surface area contributed by atoms with E-state index in [2.05, 4.69) is 5.10 Å². The summed E-state index contributed by atoms with van der Waals surface area (Å²) in [4.78, 5) is 10.6. The highest BCUT2D eigenvalue weighted by molar-refractivity contribution is 5.86. The summed E-state index contributed by atoms with van der Waals surface area (Å²) in [5.41, 5.74) is 1.67. The van der Waals surface area contributed by atoms with Crippen LogP contribution < -0.4 is 0 Å². The van der Waals surface area contributed by atoms with Gasteiger partial charge in [0.25, 0.3) is 5.69 Å². The Balaban J connectivity index is 1.95. The molecule has 1 heterocycles. The SMILES string of the molecule is O=[N+]([O-])c1ccc2cnn(-c3ccc4ccccc4c3)c2c1. The molecule has 106 valence electrons. The minimum atomic E-state index is -0.392. The Kier molecular flexibility index (Phi) is 2.66. The van der Waals surface area contributed by atoms with Crippen molar-refractivity contribution in [3.05, 3.63) is 77.0 Å². The molecule has 0 saturated carbocycles. The third-order valence-electron chi connectivity index (χ3n) is 3.74. The maximum Gasteiger partial charge on any atom is 0.271 e. The lowest BCUT2D eigenvalue weighted by molar-refractivity contribution is -0.384. The van der Waals surface area contributed by atoms with Crippen LogP contribution in [0, 0.1) is 10.1 Å². The van der Waals surface area contributed by atoms with Crippen LogP contribution >= 0.6 is 0 Å². The fourth-order valence-electron chi connectivity index (χ4n) is 2.63. The number of nitro groups is 1. The normalized spacial score (nSPS) is 11.1. The Bertz CT molecular complexity index is 1020. The highest BCUT2D eigenvalue weighted by Crippen LogP contribution is 2.25. The van der Waals surface area contributed by atoms with Crippen molar-refractivity contribution < 1.29 is 4.92 Å². The predicted octanol–water partition coefficient (Wildman–Crippen LogP) is 4.09. The van der Waals surface area contributed by atoms with Crippen molar-refractivity contribution in [2.24, 2.45) is 0 Å². The zero-order valence-corrected chi connectivity index (χ0v) is 11.5. The molecule has 5 nitrogen and oxygen atoms in total. The molecule has 0 N–H and O–H groups in total. The first-order valence-corrected chi connectivity index (χ1v) is 6.84. The van der Waals surface area contributed by atoms with Crippen LogP contribution in [0.2, 0.25) is 0 Å². The number of nitro benzene ring substituents is 1. The minimum Gasteiger partial charge on any atom is -0.258 e. The van der Waals surface area contributed by atoms with Gasteiger partial charge in [-0.15, -0.1) is 0 Å². The van der Waals surface area contributed by atoms with Crippen molar-refractivity contribution >= 4 is 27.4 Å². The second-order valence-electron chi connectivity index (χ2n) is 5.09. The van der Waals surface area contributed by atoms with Crippen LogP contribution in [0.15, 0.2) is 66.9 Å². The molecular formula is C17H11N3O2. The molecule has 0 atom stereocenters. The van der Waals surface area contributed by atoms with E-state index in [0.717, 1.165) is 27.4 Å². The third kappa shape index (κ3) is 1.91. The first kappa shape index (κ1) is 12.5. The van der Waals surface area contributed by atoms with Gasteiger partial charge in [-0.25, -0.2) is 4.68 Å². The molecule has 0 amide bonds. The molecule has 5 heteroatoms. The van der Waals surface area contributed by atoms with E-state index in [1.54, 1.807) is 23.0 Å². The largest absolute Gasteiger partial charge is 0.271 e. The van der Waals surface area contributed by atoms with Crippen LogP contribution in [0.1, 0.15) is 0 Å². The minimum absolute atomic E-state index is 0.0649. The first-order chi connectivity index (χ1) is 10.7. The Hall–Kier alpha value is -3.21. The van der Waals surface area contributed by atoms with E-state index in [4.69, 9.17) is 0 Å². The van der Waals surface area contributed by atoms with Crippen LogP contribution in [0.25, 0.3) is 27.4 Å². The number of aromatic nitrogens is 2. The van der Waals surface area contributed by atoms with E-state index >= 15 is 0 Å². The van der Waals surface area contributed by atoms with Crippen molar-refractivity contribution in [1.29, 1.82) is 0 Å². The Labute approximate surface area is 125 Å². The van der Waals surface area contributed by atoms with E-state index in [1.807, 2.05) is 42.5 Å². The van der Waals surface area contributed by atoms with Gasteiger partial charge in [-0.2, -0.15) is 5.10 Å². The Morgan fingerprint density at radius 1 is 0.909 bits per heavy atom. The zero-order chi connectivity index (χ0) is 15.1. The van der Waals surface area contributed by atoms with Gasteiger partial charge in [-0.05, 0) is 29.0 Å². The number of hydrogen-bond donors (Lipinski definition) is 0. The predicted molar refractivity (Wildman–Crippen MR) is 85.2 cm³/mol. The number of non-ortho nitro benzene ring substituents is 1. The quantitative estimate of drug-likeness (QED) is 0.412. The summed E-state index contributed by atoms with van der Waals surface area (Å²) >= 11 is 0. The summed E-state index contributed by atoms with van der Waals surface area (Å²) in [6.45, 7) is 0. The van der Waals surface area contributed by atoms with Gasteiger partial charge in [0, 0.05) is 17.5 Å². The molecule has 22 heavy (non-hydrogen) atoms. The average molecular weight is 289 g/mol. The summed E-state index contributed by atoms with van der Waals surface area (Å²) in [6, 6.07) is 18.8. The first-order valence-electron chi connectivity index (χ1n) is 6.84. The van der Waals surface area contributed by atoms with Crippen molar-refractivity contribution in [2.75, 3.05) is 0 Å². The second-order valence-corrected chi connectivity index (χ2v) is 5.09.